The van der Waals surface area contributed by atoms with Gasteiger partial charge in [-0.2, -0.15) is 0 Å². The zero-order valence-corrected chi connectivity index (χ0v) is 25.9. The molecular weight excluding hydrogens is 537 g/mol. The van der Waals surface area contributed by atoms with Crippen LogP contribution in [0.4, 0.5) is 0 Å². The van der Waals surface area contributed by atoms with Crippen molar-refractivity contribution < 1.29 is 4.21 Å². The van der Waals surface area contributed by atoms with Gasteiger partial charge in [0.05, 0.1) is 30.3 Å². The first-order valence-electron chi connectivity index (χ1n) is 13.4. The Morgan fingerprint density at radius 1 is 0.583 bits per heavy atom. The highest BCUT2D eigenvalue weighted by Gasteiger charge is 2.36. The van der Waals surface area contributed by atoms with Gasteiger partial charge in [-0.15, -0.1) is 45.3 Å². The van der Waals surface area contributed by atoms with Crippen LogP contribution in [-0.4, -0.2) is 4.21 Å². The van der Waals surface area contributed by atoms with E-state index in [-0.39, 0.29) is 0 Å². The molecule has 0 unspecified atom stereocenters. The molecule has 192 valence electrons. The van der Waals surface area contributed by atoms with Crippen molar-refractivity contribution in [3.8, 4) is 29.3 Å². The third-order valence-electron chi connectivity index (χ3n) is 7.08. The number of hydrogen-bond acceptors (Lipinski definition) is 5. The molecule has 0 fully saturated rings. The molecule has 0 amide bonds. The van der Waals surface area contributed by atoms with Crippen LogP contribution in [0.5, 0.6) is 0 Å². The number of unbranched alkanes of at least 4 members (excludes halogenated alkanes) is 6. The van der Waals surface area contributed by atoms with Crippen LogP contribution in [0.1, 0.15) is 86.1 Å². The topological polar surface area (TPSA) is 17.1 Å². The van der Waals surface area contributed by atoms with Crippen molar-refractivity contribution in [1.29, 1.82) is 0 Å². The summed E-state index contributed by atoms with van der Waals surface area (Å²) in [6.07, 6.45) is 12.8. The molecular formula is C30H36OS5. The monoisotopic (exact) mass is 572 g/mol. The highest BCUT2D eigenvalue weighted by molar-refractivity contribution is 7.86. The molecule has 0 aliphatic carbocycles. The number of thiophene rings is 4. The van der Waals surface area contributed by atoms with Crippen LogP contribution in [0.25, 0.3) is 29.3 Å². The maximum absolute atomic E-state index is 13.8. The Balaban J connectivity index is 1.39. The standard InChI is InChI=1S/C30H36OS5/c1-5-7-9-11-13-21-15-17-23(32-21)25-19(3)29-27(34-25)28-30(36(29)31)20(4)26(35-28)24-18-16-22(33-24)14-12-10-8-6-2/h15-18H,5-14H2,1-4H3. The molecule has 0 spiro atoms. The molecule has 0 radical (unpaired) electrons. The van der Waals surface area contributed by atoms with Crippen molar-refractivity contribution in [3.63, 3.8) is 0 Å². The van der Waals surface area contributed by atoms with Crippen molar-refractivity contribution in [2.45, 2.75) is 102 Å². The predicted octanol–water partition coefficient (Wildman–Crippen LogP) is 11.3. The molecule has 0 saturated heterocycles. The van der Waals surface area contributed by atoms with E-state index >= 15 is 0 Å². The van der Waals surface area contributed by atoms with Crippen LogP contribution in [0.3, 0.4) is 0 Å². The van der Waals surface area contributed by atoms with Gasteiger partial charge in [0, 0.05) is 29.3 Å². The van der Waals surface area contributed by atoms with E-state index in [4.69, 9.17) is 0 Å². The molecule has 0 aromatic carbocycles. The molecule has 0 N–H and O–H groups in total. The van der Waals surface area contributed by atoms with Gasteiger partial charge in [0.15, 0.2) is 0 Å². The SMILES string of the molecule is CCCCCCc1ccc(-c2sc3c(c2C)S(=O)c2c-3sc(-c3ccc(CCCCCC)s3)c2C)s1. The fourth-order valence-corrected chi connectivity index (χ4v) is 12.5. The largest absolute Gasteiger partial charge is 0.249 e. The normalized spacial score (nSPS) is 13.0. The minimum absolute atomic E-state index is 1.07. The molecule has 4 aromatic heterocycles. The molecule has 0 bridgehead atoms. The van der Waals surface area contributed by atoms with Gasteiger partial charge in [-0.05, 0) is 74.9 Å². The third-order valence-corrected chi connectivity index (χ3v) is 14.5. The Kier molecular flexibility index (Phi) is 8.68. The highest BCUT2D eigenvalue weighted by atomic mass is 32.2. The summed E-state index contributed by atoms with van der Waals surface area (Å²) < 4.78 is 13.8. The summed E-state index contributed by atoms with van der Waals surface area (Å²) in [4.78, 5) is 12.9. The Morgan fingerprint density at radius 3 is 1.44 bits per heavy atom. The lowest BCUT2D eigenvalue weighted by Crippen LogP contribution is -1.90. The summed E-state index contributed by atoms with van der Waals surface area (Å²) >= 11 is 7.59. The second-order valence-corrected chi connectivity index (χ2v) is 15.6. The predicted molar refractivity (Wildman–Crippen MR) is 164 cm³/mol. The Morgan fingerprint density at radius 2 is 1.03 bits per heavy atom. The summed E-state index contributed by atoms with van der Waals surface area (Å²) in [6.45, 7) is 8.89. The minimum Gasteiger partial charge on any atom is -0.249 e. The molecule has 1 aliphatic rings. The van der Waals surface area contributed by atoms with E-state index in [9.17, 15) is 4.21 Å². The summed E-state index contributed by atoms with van der Waals surface area (Å²) in [6, 6.07) is 9.19. The van der Waals surface area contributed by atoms with Gasteiger partial charge < -0.3 is 0 Å². The molecule has 1 nitrogen and oxygen atoms in total. The maximum atomic E-state index is 13.8. The van der Waals surface area contributed by atoms with Crippen molar-refractivity contribution in [2.75, 3.05) is 0 Å². The van der Waals surface area contributed by atoms with Crippen LogP contribution >= 0.6 is 45.3 Å². The van der Waals surface area contributed by atoms with Crippen molar-refractivity contribution in [2.24, 2.45) is 0 Å². The Labute approximate surface area is 235 Å². The summed E-state index contributed by atoms with van der Waals surface area (Å²) in [7, 11) is -1.07. The van der Waals surface area contributed by atoms with Crippen molar-refractivity contribution in [3.05, 3.63) is 45.1 Å². The number of hydrogen-bond donors (Lipinski definition) is 0. The van der Waals surface area contributed by atoms with Crippen molar-refractivity contribution >= 4 is 56.1 Å². The summed E-state index contributed by atoms with van der Waals surface area (Å²) in [5.74, 6) is 0. The number of rotatable bonds is 12. The van der Waals surface area contributed by atoms with Crippen molar-refractivity contribution in [1.82, 2.24) is 0 Å². The molecule has 5 rings (SSSR count). The van der Waals surface area contributed by atoms with Gasteiger partial charge in [0.2, 0.25) is 0 Å². The highest BCUT2D eigenvalue weighted by Crippen LogP contribution is 2.57. The Hall–Kier alpha value is -1.05. The van der Waals surface area contributed by atoms with Crippen LogP contribution in [0.2, 0.25) is 0 Å². The van der Waals surface area contributed by atoms with Crippen LogP contribution in [0.15, 0.2) is 34.1 Å². The van der Waals surface area contributed by atoms with Gasteiger partial charge in [-0.1, -0.05) is 52.4 Å². The van der Waals surface area contributed by atoms with Gasteiger partial charge in [0.1, 0.15) is 0 Å². The lowest BCUT2D eigenvalue weighted by molar-refractivity contribution is 0.670. The van der Waals surface area contributed by atoms with Gasteiger partial charge in [0.25, 0.3) is 0 Å². The molecule has 4 aromatic rings. The molecule has 5 heterocycles. The minimum atomic E-state index is -1.07. The number of fused-ring (bicyclic) bond motifs is 3. The molecule has 0 atom stereocenters. The second kappa shape index (κ2) is 11.8. The quantitative estimate of drug-likeness (QED) is 0.136. The van der Waals surface area contributed by atoms with E-state index in [1.54, 1.807) is 0 Å². The van der Waals surface area contributed by atoms with E-state index in [1.165, 1.54) is 114 Å². The molecule has 6 heteroatoms. The zero-order chi connectivity index (χ0) is 25.2. The van der Waals surface area contributed by atoms with Crippen LogP contribution in [0, 0.1) is 13.8 Å². The van der Waals surface area contributed by atoms with E-state index in [0.29, 0.717) is 0 Å². The fourth-order valence-electron chi connectivity index (χ4n) is 5.04. The maximum Gasteiger partial charge on any atom is 0.0886 e. The number of aryl methyl sites for hydroxylation is 2. The average molecular weight is 573 g/mol. The molecule has 1 aliphatic heterocycles. The van der Waals surface area contributed by atoms with E-state index in [0.717, 1.165) is 9.79 Å². The van der Waals surface area contributed by atoms with Crippen LogP contribution < -0.4 is 0 Å². The van der Waals surface area contributed by atoms with E-state index in [2.05, 4.69) is 52.0 Å². The average Bonchev–Trinajstić information content (AvgIpc) is 3.67. The molecule has 36 heavy (non-hydrogen) atoms. The summed E-state index contributed by atoms with van der Waals surface area (Å²) in [5.41, 5.74) is 2.45. The first-order chi connectivity index (χ1) is 17.5. The van der Waals surface area contributed by atoms with Crippen LogP contribution in [-0.2, 0) is 23.6 Å². The van der Waals surface area contributed by atoms with Gasteiger partial charge in [-0.25, -0.2) is 4.21 Å². The first-order valence-corrected chi connectivity index (χ1v) is 17.8. The molecule has 0 saturated carbocycles. The first kappa shape index (κ1) is 26.6. The van der Waals surface area contributed by atoms with Gasteiger partial charge in [-0.3, -0.25) is 0 Å². The third kappa shape index (κ3) is 5.13. The lowest BCUT2D eigenvalue weighted by atomic mass is 10.1. The Bertz CT molecular complexity index is 1260. The second-order valence-electron chi connectivity index (χ2n) is 9.85. The van der Waals surface area contributed by atoms with Gasteiger partial charge >= 0.3 is 0 Å². The fraction of sp³-hybridized carbons (Fsp3) is 0.467. The lowest BCUT2D eigenvalue weighted by Gasteiger charge is -2.02. The van der Waals surface area contributed by atoms with E-state index in [1.807, 2.05) is 45.3 Å². The smallest absolute Gasteiger partial charge is 0.0886 e. The zero-order valence-electron chi connectivity index (χ0n) is 21.8. The summed E-state index contributed by atoms with van der Waals surface area (Å²) in [5, 5.41) is 0. The van der Waals surface area contributed by atoms with E-state index < -0.39 is 10.8 Å².